The molecule has 2 amide bonds. The Kier molecular flexibility index (Phi) is 4.51. The van der Waals surface area contributed by atoms with E-state index in [9.17, 15) is 9.59 Å². The molecule has 17 heavy (non-hydrogen) atoms. The molecule has 1 atom stereocenters. The quantitative estimate of drug-likeness (QED) is 0.665. The summed E-state index contributed by atoms with van der Waals surface area (Å²) in [7, 11) is 0. The van der Waals surface area contributed by atoms with Crippen LogP contribution in [0, 0.1) is 0 Å². The van der Waals surface area contributed by atoms with Gasteiger partial charge in [-0.3, -0.25) is 9.59 Å². The Hall–Kier alpha value is -2.04. The summed E-state index contributed by atoms with van der Waals surface area (Å²) in [6.07, 6.45) is 0. The van der Waals surface area contributed by atoms with E-state index in [2.05, 4.69) is 10.6 Å². The van der Waals surface area contributed by atoms with Crippen LogP contribution in [0.5, 0.6) is 0 Å². The van der Waals surface area contributed by atoms with Gasteiger partial charge in [0, 0.05) is 17.8 Å². The van der Waals surface area contributed by atoms with E-state index in [1.54, 1.807) is 31.2 Å². The third-order valence-corrected chi connectivity index (χ3v) is 2.24. The van der Waals surface area contributed by atoms with Crippen LogP contribution in [0.25, 0.3) is 0 Å². The number of benzene rings is 1. The number of nitrogens with one attached hydrogen (secondary N) is 2. The third-order valence-electron chi connectivity index (χ3n) is 2.24. The molecule has 4 N–H and O–H groups in total. The van der Waals surface area contributed by atoms with E-state index < -0.39 is 6.04 Å². The van der Waals surface area contributed by atoms with Gasteiger partial charge in [-0.05, 0) is 32.0 Å². The summed E-state index contributed by atoms with van der Waals surface area (Å²) in [5.74, 6) is -0.513. The van der Waals surface area contributed by atoms with Crippen molar-refractivity contribution >= 4 is 17.5 Å². The lowest BCUT2D eigenvalue weighted by Crippen LogP contribution is -2.44. The average Bonchev–Trinajstić information content (AvgIpc) is 2.29. The van der Waals surface area contributed by atoms with Gasteiger partial charge in [-0.2, -0.15) is 0 Å². The van der Waals surface area contributed by atoms with E-state index in [1.807, 2.05) is 6.92 Å². The largest absolute Gasteiger partial charge is 0.399 e. The highest BCUT2D eigenvalue weighted by atomic mass is 16.2. The van der Waals surface area contributed by atoms with Gasteiger partial charge in [0.15, 0.2) is 0 Å². The van der Waals surface area contributed by atoms with Crippen LogP contribution in [0.15, 0.2) is 24.3 Å². The van der Waals surface area contributed by atoms with Crippen LogP contribution in [0.4, 0.5) is 5.69 Å². The Bertz CT molecular complexity index is 418. The van der Waals surface area contributed by atoms with Gasteiger partial charge in [0.2, 0.25) is 5.91 Å². The second-order valence-corrected chi connectivity index (χ2v) is 3.72. The first kappa shape index (κ1) is 13.0. The maximum atomic E-state index is 11.8. The van der Waals surface area contributed by atoms with Crippen LogP contribution in [0.2, 0.25) is 0 Å². The minimum atomic E-state index is -0.566. The highest BCUT2D eigenvalue weighted by molar-refractivity contribution is 5.97. The maximum Gasteiger partial charge on any atom is 0.251 e. The molecule has 5 heteroatoms. The van der Waals surface area contributed by atoms with Crippen LogP contribution >= 0.6 is 0 Å². The number of rotatable bonds is 4. The van der Waals surface area contributed by atoms with Gasteiger partial charge in [-0.1, -0.05) is 6.07 Å². The van der Waals surface area contributed by atoms with Crippen molar-refractivity contribution in [1.82, 2.24) is 10.6 Å². The van der Waals surface area contributed by atoms with E-state index in [-0.39, 0.29) is 11.8 Å². The van der Waals surface area contributed by atoms with Crippen LogP contribution in [-0.4, -0.2) is 24.4 Å². The third kappa shape index (κ3) is 3.79. The fourth-order valence-corrected chi connectivity index (χ4v) is 1.35. The molecule has 1 aromatic carbocycles. The SMILES string of the molecule is CCNC(=O)C(C)NC(=O)c1cccc(N)c1. The number of hydrogen-bond acceptors (Lipinski definition) is 3. The number of nitrogens with two attached hydrogens (primary N) is 1. The van der Waals surface area contributed by atoms with Crippen molar-refractivity contribution in [2.45, 2.75) is 19.9 Å². The molecule has 0 aromatic heterocycles. The van der Waals surface area contributed by atoms with E-state index in [1.165, 1.54) is 0 Å². The van der Waals surface area contributed by atoms with E-state index in [0.717, 1.165) is 0 Å². The topological polar surface area (TPSA) is 84.2 Å². The number of amides is 2. The summed E-state index contributed by atoms with van der Waals surface area (Å²) < 4.78 is 0. The molecule has 0 saturated heterocycles. The molecule has 92 valence electrons. The first-order chi connectivity index (χ1) is 8.04. The minimum absolute atomic E-state index is 0.204. The molecule has 1 rings (SSSR count). The van der Waals surface area contributed by atoms with E-state index >= 15 is 0 Å². The Morgan fingerprint density at radius 2 is 2.12 bits per heavy atom. The van der Waals surface area contributed by atoms with Gasteiger partial charge in [-0.15, -0.1) is 0 Å². The summed E-state index contributed by atoms with van der Waals surface area (Å²) >= 11 is 0. The number of likely N-dealkylation sites (N-methyl/N-ethyl adjacent to an activating group) is 1. The minimum Gasteiger partial charge on any atom is -0.399 e. The van der Waals surface area contributed by atoms with Crippen molar-refractivity contribution in [3.63, 3.8) is 0 Å². The van der Waals surface area contributed by atoms with E-state index in [4.69, 9.17) is 5.73 Å². The van der Waals surface area contributed by atoms with Gasteiger partial charge in [0.1, 0.15) is 6.04 Å². The lowest BCUT2D eigenvalue weighted by Gasteiger charge is -2.13. The lowest BCUT2D eigenvalue weighted by molar-refractivity contribution is -0.122. The van der Waals surface area contributed by atoms with Crippen molar-refractivity contribution in [3.05, 3.63) is 29.8 Å². The highest BCUT2D eigenvalue weighted by Crippen LogP contribution is 2.06. The molecule has 0 spiro atoms. The van der Waals surface area contributed by atoms with Gasteiger partial charge >= 0.3 is 0 Å². The standard InChI is InChI=1S/C12H17N3O2/c1-3-14-11(16)8(2)15-12(17)9-5-4-6-10(13)7-9/h4-8H,3,13H2,1-2H3,(H,14,16)(H,15,17). The zero-order valence-corrected chi connectivity index (χ0v) is 9.99. The fraction of sp³-hybridized carbons (Fsp3) is 0.333. The molecule has 0 saturated carbocycles. The summed E-state index contributed by atoms with van der Waals surface area (Å²) in [5, 5.41) is 5.24. The first-order valence-electron chi connectivity index (χ1n) is 5.48. The zero-order chi connectivity index (χ0) is 12.8. The van der Waals surface area contributed by atoms with Crippen molar-refractivity contribution in [1.29, 1.82) is 0 Å². The molecule has 5 nitrogen and oxygen atoms in total. The molecule has 0 aliphatic carbocycles. The number of nitrogen functional groups attached to an aromatic ring is 1. The number of carbonyl (C=O) groups is 2. The van der Waals surface area contributed by atoms with Gasteiger partial charge in [0.25, 0.3) is 5.91 Å². The second-order valence-electron chi connectivity index (χ2n) is 3.72. The molecule has 0 fully saturated rings. The normalized spacial score (nSPS) is 11.6. The molecule has 0 radical (unpaired) electrons. The number of hydrogen-bond donors (Lipinski definition) is 3. The molecule has 1 aromatic rings. The Labute approximate surface area is 100 Å². The van der Waals surface area contributed by atoms with Crippen molar-refractivity contribution < 1.29 is 9.59 Å². The molecule has 0 aliphatic heterocycles. The smallest absolute Gasteiger partial charge is 0.251 e. The van der Waals surface area contributed by atoms with Crippen LogP contribution in [-0.2, 0) is 4.79 Å². The number of carbonyl (C=O) groups excluding carboxylic acids is 2. The molecular formula is C12H17N3O2. The summed E-state index contributed by atoms with van der Waals surface area (Å²) in [6, 6.07) is 6.05. The fourth-order valence-electron chi connectivity index (χ4n) is 1.35. The van der Waals surface area contributed by atoms with E-state index in [0.29, 0.717) is 17.8 Å². The van der Waals surface area contributed by atoms with Crippen LogP contribution in [0.1, 0.15) is 24.2 Å². The highest BCUT2D eigenvalue weighted by Gasteiger charge is 2.15. The van der Waals surface area contributed by atoms with Gasteiger partial charge in [-0.25, -0.2) is 0 Å². The monoisotopic (exact) mass is 235 g/mol. The molecular weight excluding hydrogens is 218 g/mol. The van der Waals surface area contributed by atoms with Crippen molar-refractivity contribution in [3.8, 4) is 0 Å². The summed E-state index contributed by atoms with van der Waals surface area (Å²) in [4.78, 5) is 23.2. The predicted molar refractivity (Wildman–Crippen MR) is 66.5 cm³/mol. The van der Waals surface area contributed by atoms with Crippen molar-refractivity contribution in [2.24, 2.45) is 0 Å². The maximum absolute atomic E-state index is 11.8. The average molecular weight is 235 g/mol. The first-order valence-corrected chi connectivity index (χ1v) is 5.48. The lowest BCUT2D eigenvalue weighted by atomic mass is 10.2. The van der Waals surface area contributed by atoms with Crippen LogP contribution < -0.4 is 16.4 Å². The molecule has 0 bridgehead atoms. The van der Waals surface area contributed by atoms with Crippen molar-refractivity contribution in [2.75, 3.05) is 12.3 Å². The van der Waals surface area contributed by atoms with Gasteiger partial charge < -0.3 is 16.4 Å². The number of anilines is 1. The zero-order valence-electron chi connectivity index (χ0n) is 9.99. The van der Waals surface area contributed by atoms with Crippen LogP contribution in [0.3, 0.4) is 0 Å². The predicted octanol–water partition coefficient (Wildman–Crippen LogP) is 0.523. The molecule has 1 unspecified atom stereocenters. The second kappa shape index (κ2) is 5.89. The van der Waals surface area contributed by atoms with Gasteiger partial charge in [0.05, 0.1) is 0 Å². The Morgan fingerprint density at radius 3 is 2.71 bits per heavy atom. The molecule has 0 aliphatic rings. The summed E-state index contributed by atoms with van der Waals surface area (Å²) in [5.41, 5.74) is 6.54. The molecule has 0 heterocycles. The Balaban J connectivity index is 2.63. The Morgan fingerprint density at radius 1 is 1.41 bits per heavy atom. The summed E-state index contributed by atoms with van der Waals surface area (Å²) in [6.45, 7) is 4.00.